The van der Waals surface area contributed by atoms with Gasteiger partial charge in [-0.05, 0) is 73.3 Å². The van der Waals surface area contributed by atoms with E-state index in [1.54, 1.807) is 18.2 Å². The van der Waals surface area contributed by atoms with Gasteiger partial charge in [0.25, 0.3) is 5.91 Å². The highest BCUT2D eigenvalue weighted by atomic mass is 79.9. The molecule has 6 heteroatoms. The van der Waals surface area contributed by atoms with E-state index in [1.807, 2.05) is 18.2 Å². The van der Waals surface area contributed by atoms with Crippen molar-refractivity contribution in [2.45, 2.75) is 6.54 Å². The lowest BCUT2D eigenvalue weighted by Gasteiger charge is -2.04. The molecule has 0 saturated carbocycles. The van der Waals surface area contributed by atoms with E-state index in [9.17, 15) is 9.90 Å². The summed E-state index contributed by atoms with van der Waals surface area (Å²) in [6.45, 7) is 0.422. The third-order valence-electron chi connectivity index (χ3n) is 3.45. The van der Waals surface area contributed by atoms with E-state index in [4.69, 9.17) is 5.73 Å². The highest BCUT2D eigenvalue weighted by molar-refractivity contribution is 9.11. The molecule has 0 spiro atoms. The number of halogens is 2. The summed E-state index contributed by atoms with van der Waals surface area (Å²) in [6.07, 6.45) is 1.79. The predicted octanol–water partition coefficient (Wildman–Crippen LogP) is 3.87. The lowest BCUT2D eigenvalue weighted by molar-refractivity contribution is -0.110. The topological polar surface area (TPSA) is 75.3 Å². The van der Waals surface area contributed by atoms with Gasteiger partial charge in [0.05, 0.1) is 8.95 Å². The number of hydrogen-bond donors (Lipinski definition) is 3. The summed E-state index contributed by atoms with van der Waals surface area (Å²) >= 11 is 6.58. The van der Waals surface area contributed by atoms with E-state index < -0.39 is 0 Å². The molecule has 0 unspecified atom stereocenters. The van der Waals surface area contributed by atoms with Crippen LogP contribution in [0.25, 0.3) is 11.6 Å². The number of rotatable bonds is 2. The lowest BCUT2D eigenvalue weighted by Crippen LogP contribution is -2.03. The van der Waals surface area contributed by atoms with Crippen LogP contribution in [-0.4, -0.2) is 11.0 Å². The molecule has 1 aliphatic heterocycles. The van der Waals surface area contributed by atoms with Gasteiger partial charge < -0.3 is 16.2 Å². The monoisotopic (exact) mass is 422 g/mol. The summed E-state index contributed by atoms with van der Waals surface area (Å²) in [7, 11) is 0. The average molecular weight is 424 g/mol. The second kappa shape index (κ2) is 5.87. The van der Waals surface area contributed by atoms with E-state index in [2.05, 4.69) is 37.2 Å². The number of aromatic hydroxyl groups is 1. The van der Waals surface area contributed by atoms with Gasteiger partial charge in [0.2, 0.25) is 0 Å². The molecule has 4 nitrogen and oxygen atoms in total. The van der Waals surface area contributed by atoms with Crippen LogP contribution in [-0.2, 0) is 11.3 Å². The molecule has 112 valence electrons. The maximum absolute atomic E-state index is 12.2. The molecule has 3 rings (SSSR count). The number of carbonyl (C=O) groups excluding carboxylic acids is 1. The largest absolute Gasteiger partial charge is 0.506 e. The zero-order valence-electron chi connectivity index (χ0n) is 11.4. The van der Waals surface area contributed by atoms with Gasteiger partial charge in [-0.2, -0.15) is 0 Å². The van der Waals surface area contributed by atoms with Crippen molar-refractivity contribution in [3.05, 3.63) is 56.0 Å². The Labute approximate surface area is 144 Å². The van der Waals surface area contributed by atoms with Gasteiger partial charge in [-0.3, -0.25) is 4.79 Å². The van der Waals surface area contributed by atoms with Crippen molar-refractivity contribution in [3.8, 4) is 5.75 Å². The normalized spacial score (nSPS) is 15.0. The maximum Gasteiger partial charge on any atom is 0.256 e. The molecule has 2 aromatic carbocycles. The molecular weight excluding hydrogens is 412 g/mol. The molecule has 0 fully saturated rings. The molecule has 1 amide bonds. The van der Waals surface area contributed by atoms with E-state index >= 15 is 0 Å². The molecule has 1 aliphatic rings. The first kappa shape index (κ1) is 15.3. The fourth-order valence-corrected chi connectivity index (χ4v) is 3.56. The van der Waals surface area contributed by atoms with Crippen molar-refractivity contribution in [1.29, 1.82) is 0 Å². The van der Waals surface area contributed by atoms with Gasteiger partial charge in [-0.1, -0.05) is 6.07 Å². The summed E-state index contributed by atoms with van der Waals surface area (Å²) in [4.78, 5) is 12.2. The molecule has 22 heavy (non-hydrogen) atoms. The number of phenols is 1. The minimum atomic E-state index is -0.149. The first-order chi connectivity index (χ1) is 10.5. The van der Waals surface area contributed by atoms with Crippen molar-refractivity contribution >= 4 is 55.1 Å². The molecule has 0 aromatic heterocycles. The number of nitrogens with two attached hydrogens (primary N) is 1. The van der Waals surface area contributed by atoms with Gasteiger partial charge in [-0.25, -0.2) is 0 Å². The van der Waals surface area contributed by atoms with Crippen LogP contribution in [0.15, 0.2) is 39.3 Å². The molecular formula is C16H12Br2N2O2. The van der Waals surface area contributed by atoms with Gasteiger partial charge in [0.1, 0.15) is 5.75 Å². The van der Waals surface area contributed by atoms with E-state index in [1.165, 1.54) is 0 Å². The predicted molar refractivity (Wildman–Crippen MR) is 94.3 cm³/mol. The standard InChI is InChI=1S/C16H12Br2N2O2/c17-12-5-9(6-13(18)15(12)21)4-11-10-3-8(7-19)1-2-14(10)20-16(11)22/h1-6,21H,7,19H2,(H,20,22)/b11-4-. The van der Waals surface area contributed by atoms with Crippen LogP contribution in [0.1, 0.15) is 16.7 Å². The summed E-state index contributed by atoms with van der Waals surface area (Å²) in [5.41, 5.74) is 9.64. The van der Waals surface area contributed by atoms with Crippen molar-refractivity contribution in [2.75, 3.05) is 5.32 Å². The number of nitrogens with one attached hydrogen (secondary N) is 1. The third-order valence-corrected chi connectivity index (χ3v) is 4.66. The zero-order valence-corrected chi connectivity index (χ0v) is 14.5. The summed E-state index contributed by atoms with van der Waals surface area (Å²) < 4.78 is 1.12. The number of anilines is 1. The molecule has 0 saturated heterocycles. The molecule has 0 aliphatic carbocycles. The van der Waals surface area contributed by atoms with E-state index in [0.29, 0.717) is 21.1 Å². The third kappa shape index (κ3) is 2.69. The number of phenolic OH excluding ortho intramolecular Hbond substituents is 1. The highest BCUT2D eigenvalue weighted by Gasteiger charge is 2.24. The van der Waals surface area contributed by atoms with Crippen LogP contribution in [0.3, 0.4) is 0 Å². The van der Waals surface area contributed by atoms with Gasteiger partial charge in [0, 0.05) is 23.4 Å². The van der Waals surface area contributed by atoms with Crippen LogP contribution in [0, 0.1) is 0 Å². The molecule has 0 bridgehead atoms. The number of hydrogen-bond acceptors (Lipinski definition) is 3. The maximum atomic E-state index is 12.2. The Bertz CT molecular complexity index is 793. The average Bonchev–Trinajstić information content (AvgIpc) is 2.80. The number of amides is 1. The smallest absolute Gasteiger partial charge is 0.256 e. The quantitative estimate of drug-likeness (QED) is 0.641. The first-order valence-corrected chi connectivity index (χ1v) is 8.12. The van der Waals surface area contributed by atoms with Gasteiger partial charge in [-0.15, -0.1) is 0 Å². The fraction of sp³-hybridized carbons (Fsp3) is 0.0625. The minimum Gasteiger partial charge on any atom is -0.506 e. The highest BCUT2D eigenvalue weighted by Crippen LogP contribution is 2.37. The lowest BCUT2D eigenvalue weighted by atomic mass is 10.0. The van der Waals surface area contributed by atoms with E-state index in [0.717, 1.165) is 22.4 Å². The molecule has 0 atom stereocenters. The Morgan fingerprint density at radius 3 is 2.50 bits per heavy atom. The van der Waals surface area contributed by atoms with Crippen LogP contribution in [0.5, 0.6) is 5.75 Å². The van der Waals surface area contributed by atoms with Gasteiger partial charge in [0.15, 0.2) is 0 Å². The molecule has 4 N–H and O–H groups in total. The Morgan fingerprint density at radius 2 is 1.86 bits per heavy atom. The van der Waals surface area contributed by atoms with Crippen LogP contribution >= 0.6 is 31.9 Å². The van der Waals surface area contributed by atoms with Gasteiger partial charge >= 0.3 is 0 Å². The number of benzene rings is 2. The minimum absolute atomic E-state index is 0.129. The van der Waals surface area contributed by atoms with E-state index in [-0.39, 0.29) is 11.7 Å². The summed E-state index contributed by atoms with van der Waals surface area (Å²) in [6, 6.07) is 9.19. The first-order valence-electron chi connectivity index (χ1n) is 6.54. The van der Waals surface area contributed by atoms with Crippen LogP contribution in [0.4, 0.5) is 5.69 Å². The van der Waals surface area contributed by atoms with Crippen molar-refractivity contribution < 1.29 is 9.90 Å². The van der Waals surface area contributed by atoms with Crippen molar-refractivity contribution in [2.24, 2.45) is 5.73 Å². The zero-order chi connectivity index (χ0) is 15.9. The second-order valence-electron chi connectivity index (χ2n) is 4.93. The Balaban J connectivity index is 2.11. The van der Waals surface area contributed by atoms with Crippen molar-refractivity contribution in [3.63, 3.8) is 0 Å². The Kier molecular flexibility index (Phi) is 4.08. The van der Waals surface area contributed by atoms with Crippen LogP contribution in [0.2, 0.25) is 0 Å². The molecule has 2 aromatic rings. The Morgan fingerprint density at radius 1 is 1.18 bits per heavy atom. The summed E-state index contributed by atoms with van der Waals surface area (Å²) in [5, 5.41) is 12.6. The second-order valence-corrected chi connectivity index (χ2v) is 6.64. The number of carbonyl (C=O) groups is 1. The fourth-order valence-electron chi connectivity index (χ4n) is 2.34. The number of fused-ring (bicyclic) bond motifs is 1. The Hall–Kier alpha value is -1.63. The van der Waals surface area contributed by atoms with Crippen molar-refractivity contribution in [1.82, 2.24) is 0 Å². The molecule has 1 heterocycles. The van der Waals surface area contributed by atoms with Crippen LogP contribution < -0.4 is 11.1 Å². The summed E-state index contributed by atoms with van der Waals surface area (Å²) in [5.74, 6) is -0.0201. The SMILES string of the molecule is NCc1ccc2c(c1)/C(=C/c1cc(Br)c(O)c(Br)c1)C(=O)N2. The molecule has 0 radical (unpaired) electrons.